The van der Waals surface area contributed by atoms with Crippen molar-refractivity contribution in [1.29, 1.82) is 0 Å². The van der Waals surface area contributed by atoms with Gasteiger partial charge in [0, 0.05) is 25.7 Å². The fourth-order valence-electron chi connectivity index (χ4n) is 3.35. The average molecular weight is 284 g/mol. The van der Waals surface area contributed by atoms with Gasteiger partial charge in [0.15, 0.2) is 0 Å². The molecule has 2 aliphatic heterocycles. The molecular weight excluding hydrogens is 256 g/mol. The quantitative estimate of drug-likeness (QED) is 0.823. The molecule has 0 aromatic heterocycles. The number of likely N-dealkylation sites (tertiary alicyclic amines) is 1. The molecule has 4 unspecified atom stereocenters. The van der Waals surface area contributed by atoms with Crippen LogP contribution in [0, 0.1) is 11.8 Å². The highest BCUT2D eigenvalue weighted by Crippen LogP contribution is 2.21. The topological polar surface area (TPSA) is 53.0 Å². The molecular formula is C15H28N2O3. The van der Waals surface area contributed by atoms with E-state index >= 15 is 0 Å². The third kappa shape index (κ3) is 3.93. The number of aliphatic hydroxyl groups is 1. The van der Waals surface area contributed by atoms with Crippen LogP contribution in [-0.4, -0.2) is 72.4 Å². The fraction of sp³-hybridized carbons (Fsp3) is 0.933. The molecule has 2 heterocycles. The van der Waals surface area contributed by atoms with Crippen LogP contribution in [0.3, 0.4) is 0 Å². The lowest BCUT2D eigenvalue weighted by Crippen LogP contribution is -2.54. The van der Waals surface area contributed by atoms with Crippen LogP contribution in [0.2, 0.25) is 0 Å². The van der Waals surface area contributed by atoms with Crippen LogP contribution >= 0.6 is 0 Å². The second-order valence-electron chi connectivity index (χ2n) is 6.66. The number of piperidine rings is 1. The molecule has 2 fully saturated rings. The standard InChI is InChI=1S/C15H28N2O3/c1-11-4-12(2)6-17(5-11)15(19)8-16-7-14(9-18)20-10-13(16)3/h11-14,18H,4-10H2,1-3H3. The monoisotopic (exact) mass is 284 g/mol. The second-order valence-corrected chi connectivity index (χ2v) is 6.66. The molecule has 0 aromatic carbocycles. The average Bonchev–Trinajstić information content (AvgIpc) is 2.40. The Morgan fingerprint density at radius 1 is 1.20 bits per heavy atom. The smallest absolute Gasteiger partial charge is 0.236 e. The second kappa shape index (κ2) is 6.87. The van der Waals surface area contributed by atoms with Crippen molar-refractivity contribution in [3.63, 3.8) is 0 Å². The number of hydrogen-bond acceptors (Lipinski definition) is 4. The molecule has 2 saturated heterocycles. The van der Waals surface area contributed by atoms with Gasteiger partial charge in [0.1, 0.15) is 0 Å². The summed E-state index contributed by atoms with van der Waals surface area (Å²) < 4.78 is 5.51. The minimum Gasteiger partial charge on any atom is -0.394 e. The molecule has 2 aliphatic rings. The van der Waals surface area contributed by atoms with E-state index < -0.39 is 0 Å². The van der Waals surface area contributed by atoms with E-state index in [1.165, 1.54) is 6.42 Å². The van der Waals surface area contributed by atoms with Gasteiger partial charge >= 0.3 is 0 Å². The van der Waals surface area contributed by atoms with E-state index in [4.69, 9.17) is 4.74 Å². The molecule has 116 valence electrons. The van der Waals surface area contributed by atoms with Crippen LogP contribution < -0.4 is 0 Å². The largest absolute Gasteiger partial charge is 0.394 e. The van der Waals surface area contributed by atoms with Gasteiger partial charge in [0.05, 0.1) is 25.9 Å². The van der Waals surface area contributed by atoms with Gasteiger partial charge in [-0.05, 0) is 25.2 Å². The number of ether oxygens (including phenoxy) is 1. The van der Waals surface area contributed by atoms with Gasteiger partial charge in [-0.1, -0.05) is 13.8 Å². The predicted molar refractivity (Wildman–Crippen MR) is 77.4 cm³/mol. The molecule has 0 spiro atoms. The Morgan fingerprint density at radius 3 is 2.45 bits per heavy atom. The first kappa shape index (κ1) is 15.7. The number of carbonyl (C=O) groups excluding carboxylic acids is 1. The number of carbonyl (C=O) groups is 1. The summed E-state index contributed by atoms with van der Waals surface area (Å²) >= 11 is 0. The Bertz CT molecular complexity index is 327. The molecule has 0 aromatic rings. The molecule has 1 N–H and O–H groups in total. The number of rotatable bonds is 3. The fourth-order valence-corrected chi connectivity index (χ4v) is 3.35. The number of amides is 1. The van der Waals surface area contributed by atoms with Crippen molar-refractivity contribution in [2.75, 3.05) is 39.4 Å². The maximum atomic E-state index is 12.5. The van der Waals surface area contributed by atoms with E-state index in [0.29, 0.717) is 31.5 Å². The van der Waals surface area contributed by atoms with Crippen LogP contribution in [0.15, 0.2) is 0 Å². The minimum absolute atomic E-state index is 0.0230. The highest BCUT2D eigenvalue weighted by molar-refractivity contribution is 5.78. The summed E-state index contributed by atoms with van der Waals surface area (Å²) in [5.74, 6) is 1.40. The highest BCUT2D eigenvalue weighted by atomic mass is 16.5. The first-order valence-corrected chi connectivity index (χ1v) is 7.73. The van der Waals surface area contributed by atoms with Crippen molar-refractivity contribution >= 4 is 5.91 Å². The molecule has 5 heteroatoms. The van der Waals surface area contributed by atoms with Crippen molar-refractivity contribution in [2.45, 2.75) is 39.3 Å². The van der Waals surface area contributed by atoms with Gasteiger partial charge in [-0.25, -0.2) is 0 Å². The Balaban J connectivity index is 1.89. The summed E-state index contributed by atoms with van der Waals surface area (Å²) in [5.41, 5.74) is 0. The van der Waals surface area contributed by atoms with Gasteiger partial charge in [-0.15, -0.1) is 0 Å². The van der Waals surface area contributed by atoms with Crippen LogP contribution in [0.25, 0.3) is 0 Å². The highest BCUT2D eigenvalue weighted by Gasteiger charge is 2.30. The van der Waals surface area contributed by atoms with E-state index in [0.717, 1.165) is 13.1 Å². The molecule has 20 heavy (non-hydrogen) atoms. The summed E-state index contributed by atoms with van der Waals surface area (Å²) in [5, 5.41) is 9.20. The van der Waals surface area contributed by atoms with Crippen molar-refractivity contribution in [2.24, 2.45) is 11.8 Å². The van der Waals surface area contributed by atoms with Crippen molar-refractivity contribution in [1.82, 2.24) is 9.80 Å². The molecule has 1 amide bonds. The van der Waals surface area contributed by atoms with Crippen LogP contribution in [0.1, 0.15) is 27.2 Å². The molecule has 5 nitrogen and oxygen atoms in total. The molecule has 0 saturated carbocycles. The van der Waals surface area contributed by atoms with Gasteiger partial charge in [-0.3, -0.25) is 9.69 Å². The van der Waals surface area contributed by atoms with Crippen molar-refractivity contribution < 1.29 is 14.6 Å². The maximum Gasteiger partial charge on any atom is 0.236 e. The van der Waals surface area contributed by atoms with Gasteiger partial charge in [0.25, 0.3) is 0 Å². The zero-order valence-electron chi connectivity index (χ0n) is 12.9. The first-order valence-electron chi connectivity index (χ1n) is 7.73. The number of nitrogens with zero attached hydrogens (tertiary/aromatic N) is 2. The summed E-state index contributed by atoms with van der Waals surface area (Å²) in [6, 6.07) is 0.237. The third-order valence-corrected chi connectivity index (χ3v) is 4.40. The zero-order valence-corrected chi connectivity index (χ0v) is 12.9. The van der Waals surface area contributed by atoms with Gasteiger partial charge < -0.3 is 14.7 Å². The molecule has 0 bridgehead atoms. The van der Waals surface area contributed by atoms with Crippen LogP contribution in [0.5, 0.6) is 0 Å². The van der Waals surface area contributed by atoms with Gasteiger partial charge in [-0.2, -0.15) is 0 Å². The van der Waals surface area contributed by atoms with Crippen LogP contribution in [-0.2, 0) is 9.53 Å². The Kier molecular flexibility index (Phi) is 5.41. The molecule has 4 atom stereocenters. The summed E-state index contributed by atoms with van der Waals surface area (Å²) in [6.45, 7) is 9.96. The summed E-state index contributed by atoms with van der Waals surface area (Å²) in [7, 11) is 0. The Hall–Kier alpha value is -0.650. The Morgan fingerprint density at radius 2 is 1.85 bits per heavy atom. The molecule has 2 rings (SSSR count). The normalized spacial score (nSPS) is 36.1. The van der Waals surface area contributed by atoms with Gasteiger partial charge in [0.2, 0.25) is 5.91 Å². The lowest BCUT2D eigenvalue weighted by atomic mass is 9.92. The molecule has 0 radical (unpaired) electrons. The third-order valence-electron chi connectivity index (χ3n) is 4.40. The number of aliphatic hydroxyl groups excluding tert-OH is 1. The lowest BCUT2D eigenvalue weighted by molar-refractivity contribution is -0.139. The van der Waals surface area contributed by atoms with Crippen molar-refractivity contribution in [3.8, 4) is 0 Å². The maximum absolute atomic E-state index is 12.5. The number of hydrogen-bond donors (Lipinski definition) is 1. The van der Waals surface area contributed by atoms with E-state index in [1.807, 2.05) is 4.90 Å². The number of morpholine rings is 1. The van der Waals surface area contributed by atoms with E-state index in [9.17, 15) is 9.90 Å². The minimum atomic E-state index is -0.154. The van der Waals surface area contributed by atoms with Crippen LogP contribution in [0.4, 0.5) is 0 Å². The predicted octanol–water partition coefficient (Wildman–Crippen LogP) is 0.573. The van der Waals surface area contributed by atoms with E-state index in [2.05, 4.69) is 25.7 Å². The summed E-state index contributed by atoms with van der Waals surface area (Å²) in [6.07, 6.45) is 1.06. The first-order chi connectivity index (χ1) is 9.49. The lowest BCUT2D eigenvalue weighted by Gasteiger charge is -2.40. The SMILES string of the molecule is CC1CC(C)CN(C(=O)CN2CC(CO)OCC2C)C1. The summed E-state index contributed by atoms with van der Waals surface area (Å²) in [4.78, 5) is 16.6. The van der Waals surface area contributed by atoms with Crippen molar-refractivity contribution in [3.05, 3.63) is 0 Å². The zero-order chi connectivity index (χ0) is 14.7. The van der Waals surface area contributed by atoms with E-state index in [1.54, 1.807) is 0 Å². The van der Waals surface area contributed by atoms with E-state index in [-0.39, 0.29) is 24.7 Å². The molecule has 0 aliphatic carbocycles. The Labute approximate surface area is 121 Å².